The van der Waals surface area contributed by atoms with E-state index in [0.717, 1.165) is 6.42 Å². The first-order chi connectivity index (χ1) is 8.24. The Morgan fingerprint density at radius 2 is 2.17 bits per heavy atom. The molecular formula is C13H24N2O2S. The van der Waals surface area contributed by atoms with Gasteiger partial charge in [0.15, 0.2) is 0 Å². The third-order valence-corrected chi connectivity index (χ3v) is 4.09. The molecule has 3 atom stereocenters. The van der Waals surface area contributed by atoms with E-state index in [0.29, 0.717) is 5.75 Å². The van der Waals surface area contributed by atoms with Gasteiger partial charge in [0.05, 0.1) is 12.1 Å². The molecule has 0 bridgehead atoms. The summed E-state index contributed by atoms with van der Waals surface area (Å²) in [6.07, 6.45) is 0.928. The number of amides is 1. The number of carbonyl (C=O) groups is 2. The quantitative estimate of drug-likeness (QED) is 0.818. The lowest BCUT2D eigenvalue weighted by Crippen LogP contribution is -2.59. The van der Waals surface area contributed by atoms with Crippen LogP contribution in [-0.2, 0) is 9.59 Å². The Labute approximate surface area is 114 Å². The van der Waals surface area contributed by atoms with Crippen LogP contribution in [0, 0.1) is 5.92 Å². The van der Waals surface area contributed by atoms with Crippen LogP contribution in [-0.4, -0.2) is 34.4 Å². The van der Waals surface area contributed by atoms with Crippen molar-refractivity contribution < 1.29 is 9.59 Å². The Morgan fingerprint density at radius 3 is 2.67 bits per heavy atom. The van der Waals surface area contributed by atoms with Crippen LogP contribution in [0.5, 0.6) is 0 Å². The molecule has 0 spiro atoms. The molecular weight excluding hydrogens is 248 g/mol. The van der Waals surface area contributed by atoms with Crippen LogP contribution in [0.2, 0.25) is 0 Å². The molecule has 0 aliphatic carbocycles. The monoisotopic (exact) mass is 272 g/mol. The summed E-state index contributed by atoms with van der Waals surface area (Å²) < 4.78 is 0. The zero-order valence-corrected chi connectivity index (χ0v) is 12.7. The summed E-state index contributed by atoms with van der Waals surface area (Å²) in [5.74, 6) is 0.763. The smallest absolute Gasteiger partial charge is 0.238 e. The Balaban J connectivity index is 2.64. The predicted molar refractivity (Wildman–Crippen MR) is 75.5 cm³/mol. The van der Waals surface area contributed by atoms with E-state index in [1.165, 1.54) is 11.8 Å². The molecule has 0 aromatic rings. The van der Waals surface area contributed by atoms with Gasteiger partial charge in [0.2, 0.25) is 11.0 Å². The second-order valence-corrected chi connectivity index (χ2v) is 6.98. The maximum Gasteiger partial charge on any atom is 0.238 e. The third kappa shape index (κ3) is 4.28. The molecule has 0 radical (unpaired) electrons. The zero-order chi connectivity index (χ0) is 13.9. The van der Waals surface area contributed by atoms with Crippen molar-refractivity contribution in [2.45, 2.75) is 58.7 Å². The molecule has 0 saturated carbocycles. The van der Waals surface area contributed by atoms with Gasteiger partial charge in [-0.05, 0) is 26.7 Å². The normalized spacial score (nSPS) is 26.8. The lowest BCUT2D eigenvalue weighted by molar-refractivity contribution is -0.125. The molecule has 0 aromatic carbocycles. The van der Waals surface area contributed by atoms with Crippen LogP contribution in [0.15, 0.2) is 0 Å². The highest BCUT2D eigenvalue weighted by Gasteiger charge is 2.35. The molecule has 5 heteroatoms. The van der Waals surface area contributed by atoms with E-state index in [-0.39, 0.29) is 34.6 Å². The zero-order valence-electron chi connectivity index (χ0n) is 11.9. The molecule has 18 heavy (non-hydrogen) atoms. The predicted octanol–water partition coefficient (Wildman–Crippen LogP) is 1.55. The molecule has 4 nitrogen and oxygen atoms in total. The fourth-order valence-electron chi connectivity index (χ4n) is 1.83. The summed E-state index contributed by atoms with van der Waals surface area (Å²) in [6.45, 7) is 9.97. The van der Waals surface area contributed by atoms with Gasteiger partial charge in [-0.15, -0.1) is 0 Å². The van der Waals surface area contributed by atoms with Gasteiger partial charge in [0.1, 0.15) is 0 Å². The van der Waals surface area contributed by atoms with Gasteiger partial charge < -0.3 is 5.32 Å². The average molecular weight is 272 g/mol. The molecule has 1 aliphatic heterocycles. The second-order valence-electron chi connectivity index (χ2n) is 5.95. The highest BCUT2D eigenvalue weighted by atomic mass is 32.2. The molecule has 1 saturated heterocycles. The minimum atomic E-state index is -0.272. The van der Waals surface area contributed by atoms with Gasteiger partial charge in [-0.2, -0.15) is 0 Å². The van der Waals surface area contributed by atoms with Crippen LogP contribution in [0.3, 0.4) is 0 Å². The van der Waals surface area contributed by atoms with Crippen LogP contribution in [0.1, 0.15) is 41.0 Å². The highest BCUT2D eigenvalue weighted by Crippen LogP contribution is 2.22. The van der Waals surface area contributed by atoms with Crippen molar-refractivity contribution in [3.05, 3.63) is 0 Å². The maximum absolute atomic E-state index is 12.1. The molecule has 1 heterocycles. The van der Waals surface area contributed by atoms with Gasteiger partial charge in [0, 0.05) is 11.3 Å². The first kappa shape index (κ1) is 15.5. The number of hydrogen-bond acceptors (Lipinski definition) is 4. The van der Waals surface area contributed by atoms with E-state index in [9.17, 15) is 9.59 Å². The van der Waals surface area contributed by atoms with Crippen LogP contribution in [0.25, 0.3) is 0 Å². The van der Waals surface area contributed by atoms with Gasteiger partial charge in [-0.1, -0.05) is 32.0 Å². The molecule has 1 rings (SSSR count). The van der Waals surface area contributed by atoms with E-state index in [1.807, 2.05) is 27.7 Å². The Kier molecular flexibility index (Phi) is 5.22. The van der Waals surface area contributed by atoms with E-state index in [2.05, 4.69) is 17.6 Å². The van der Waals surface area contributed by atoms with E-state index < -0.39 is 0 Å². The summed E-state index contributed by atoms with van der Waals surface area (Å²) >= 11 is 1.27. The Hall–Kier alpha value is -0.550. The maximum atomic E-state index is 12.1. The summed E-state index contributed by atoms with van der Waals surface area (Å²) in [5.41, 5.74) is -0.239. The van der Waals surface area contributed by atoms with Crippen molar-refractivity contribution in [3.8, 4) is 0 Å². The van der Waals surface area contributed by atoms with E-state index in [1.54, 1.807) is 0 Å². The molecule has 1 amide bonds. The van der Waals surface area contributed by atoms with Gasteiger partial charge in [-0.25, -0.2) is 0 Å². The average Bonchev–Trinajstić information content (AvgIpc) is 2.26. The molecule has 0 aromatic heterocycles. The van der Waals surface area contributed by atoms with Gasteiger partial charge >= 0.3 is 0 Å². The number of rotatable bonds is 3. The number of carbonyl (C=O) groups excluding carboxylic acids is 2. The molecule has 1 aliphatic rings. The number of thioether (sulfide) groups is 1. The Morgan fingerprint density at radius 1 is 1.56 bits per heavy atom. The number of nitrogens with one attached hydrogen (secondary N) is 2. The highest BCUT2D eigenvalue weighted by molar-refractivity contribution is 8.13. The Bertz CT molecular complexity index is 325. The topological polar surface area (TPSA) is 58.2 Å². The van der Waals surface area contributed by atoms with Crippen molar-refractivity contribution in [3.63, 3.8) is 0 Å². The minimum Gasteiger partial charge on any atom is -0.350 e. The largest absolute Gasteiger partial charge is 0.350 e. The SMILES string of the molecule is CCC(C)C1NC(C(=O)NC(C)(C)C)CSC1=O. The summed E-state index contributed by atoms with van der Waals surface area (Å²) in [6, 6.07) is -0.476. The third-order valence-electron chi connectivity index (χ3n) is 3.05. The summed E-state index contributed by atoms with van der Waals surface area (Å²) in [4.78, 5) is 23.9. The first-order valence-electron chi connectivity index (χ1n) is 6.49. The van der Waals surface area contributed by atoms with Crippen molar-refractivity contribution in [2.75, 3.05) is 5.75 Å². The van der Waals surface area contributed by atoms with Crippen molar-refractivity contribution in [1.29, 1.82) is 0 Å². The van der Waals surface area contributed by atoms with Crippen molar-refractivity contribution in [1.82, 2.24) is 10.6 Å². The standard InChI is InChI=1S/C13H24N2O2S/c1-6-8(2)10-12(17)18-7-9(14-10)11(16)15-13(3,4)5/h8-10,14H,6-7H2,1-5H3,(H,15,16). The lowest BCUT2D eigenvalue weighted by atomic mass is 9.99. The molecule has 3 unspecified atom stereocenters. The van der Waals surface area contributed by atoms with Crippen LogP contribution < -0.4 is 10.6 Å². The fraction of sp³-hybridized carbons (Fsp3) is 0.846. The van der Waals surface area contributed by atoms with E-state index >= 15 is 0 Å². The van der Waals surface area contributed by atoms with Crippen LogP contribution >= 0.6 is 11.8 Å². The number of hydrogen-bond donors (Lipinski definition) is 2. The first-order valence-corrected chi connectivity index (χ1v) is 7.48. The second kappa shape index (κ2) is 6.06. The van der Waals surface area contributed by atoms with Gasteiger partial charge in [-0.3, -0.25) is 14.9 Å². The fourth-order valence-corrected chi connectivity index (χ4v) is 2.89. The van der Waals surface area contributed by atoms with E-state index in [4.69, 9.17) is 0 Å². The van der Waals surface area contributed by atoms with Crippen LogP contribution in [0.4, 0.5) is 0 Å². The minimum absolute atomic E-state index is 0.0178. The molecule has 1 fully saturated rings. The summed E-state index contributed by atoms with van der Waals surface area (Å²) in [7, 11) is 0. The van der Waals surface area contributed by atoms with Crippen molar-refractivity contribution in [2.24, 2.45) is 5.92 Å². The molecule has 104 valence electrons. The summed E-state index contributed by atoms with van der Waals surface area (Å²) in [5, 5.41) is 6.31. The van der Waals surface area contributed by atoms with Crippen molar-refractivity contribution >= 4 is 22.8 Å². The molecule has 2 N–H and O–H groups in total. The van der Waals surface area contributed by atoms with Gasteiger partial charge in [0.25, 0.3) is 0 Å². The lowest BCUT2D eigenvalue weighted by Gasteiger charge is -2.33.